The van der Waals surface area contributed by atoms with Crippen LogP contribution in [0.2, 0.25) is 0 Å². The number of aryl methyl sites for hydroxylation is 2. The molecule has 0 saturated carbocycles. The van der Waals surface area contributed by atoms with E-state index in [1.165, 1.54) is 0 Å². The monoisotopic (exact) mass is 256 g/mol. The van der Waals surface area contributed by atoms with Crippen molar-refractivity contribution in [3.63, 3.8) is 0 Å². The molecule has 0 atom stereocenters. The fourth-order valence-electron chi connectivity index (χ4n) is 1.73. The average Bonchev–Trinajstić information content (AvgIpc) is 2.42. The lowest BCUT2D eigenvalue weighted by molar-refractivity contribution is 0.0729. The second-order valence-electron chi connectivity index (χ2n) is 4.34. The average molecular weight is 256 g/mol. The topological polar surface area (TPSA) is 35.5 Å². The summed E-state index contributed by atoms with van der Waals surface area (Å²) in [6.45, 7) is 3.97. The number of carbonyl (C=O) groups excluding carboxylic acids is 1. The summed E-state index contributed by atoms with van der Waals surface area (Å²) >= 11 is 0. The molecule has 0 unspecified atom stereocenters. The highest BCUT2D eigenvalue weighted by Crippen LogP contribution is 2.26. The first-order chi connectivity index (χ1) is 9.11. The number of hydrogen-bond donors (Lipinski definition) is 0. The number of rotatable bonds is 3. The molecule has 0 heterocycles. The maximum atomic E-state index is 12.1. The number of para-hydroxylation sites is 2. The van der Waals surface area contributed by atoms with E-state index in [2.05, 4.69) is 0 Å². The molecule has 0 aliphatic heterocycles. The number of carbonyl (C=O) groups is 1. The van der Waals surface area contributed by atoms with Crippen LogP contribution in [0.3, 0.4) is 0 Å². The first-order valence-electron chi connectivity index (χ1n) is 6.04. The fraction of sp³-hybridized carbons (Fsp3) is 0.188. The van der Waals surface area contributed by atoms with Crippen LogP contribution in [0.4, 0.5) is 0 Å². The third-order valence-corrected chi connectivity index (χ3v) is 3.01. The lowest BCUT2D eigenvalue weighted by Crippen LogP contribution is -2.09. The van der Waals surface area contributed by atoms with Gasteiger partial charge in [0.25, 0.3) is 0 Å². The summed E-state index contributed by atoms with van der Waals surface area (Å²) < 4.78 is 10.5. The molecule has 0 N–H and O–H groups in total. The van der Waals surface area contributed by atoms with Gasteiger partial charge in [-0.15, -0.1) is 0 Å². The zero-order valence-corrected chi connectivity index (χ0v) is 11.3. The number of methoxy groups -OCH3 is 1. The molecule has 0 aliphatic carbocycles. The maximum absolute atomic E-state index is 12.1. The summed E-state index contributed by atoms with van der Waals surface area (Å²) in [4.78, 5) is 12.1. The molecule has 0 fully saturated rings. The number of benzene rings is 2. The van der Waals surface area contributed by atoms with Crippen molar-refractivity contribution >= 4 is 5.97 Å². The Bertz CT molecular complexity index is 603. The quantitative estimate of drug-likeness (QED) is 0.622. The molecular weight excluding hydrogens is 240 g/mol. The van der Waals surface area contributed by atoms with Crippen LogP contribution in [0.5, 0.6) is 11.5 Å². The normalized spacial score (nSPS) is 10.1. The Morgan fingerprint density at radius 3 is 2.26 bits per heavy atom. The van der Waals surface area contributed by atoms with E-state index in [1.807, 2.05) is 32.0 Å². The van der Waals surface area contributed by atoms with Crippen molar-refractivity contribution < 1.29 is 14.3 Å². The summed E-state index contributed by atoms with van der Waals surface area (Å²) in [5.74, 6) is 0.584. The van der Waals surface area contributed by atoms with Crippen molar-refractivity contribution in [1.29, 1.82) is 0 Å². The summed E-state index contributed by atoms with van der Waals surface area (Å²) in [6, 6.07) is 12.6. The Labute approximate surface area is 112 Å². The van der Waals surface area contributed by atoms with Gasteiger partial charge in [-0.05, 0) is 49.2 Å². The molecule has 0 aliphatic rings. The van der Waals surface area contributed by atoms with Gasteiger partial charge in [0.15, 0.2) is 11.5 Å². The standard InChI is InChI=1S/C16H16O3/c1-11-8-9-13(10-12(11)2)16(17)19-15-7-5-4-6-14(15)18-3/h4-10H,1-3H3. The zero-order valence-electron chi connectivity index (χ0n) is 11.3. The van der Waals surface area contributed by atoms with Crippen LogP contribution < -0.4 is 9.47 Å². The minimum atomic E-state index is -0.382. The van der Waals surface area contributed by atoms with Crippen molar-refractivity contribution in [1.82, 2.24) is 0 Å². The van der Waals surface area contributed by atoms with Gasteiger partial charge >= 0.3 is 5.97 Å². The van der Waals surface area contributed by atoms with E-state index in [0.717, 1.165) is 11.1 Å². The molecule has 0 saturated heterocycles. The van der Waals surface area contributed by atoms with Gasteiger partial charge in [-0.25, -0.2) is 4.79 Å². The van der Waals surface area contributed by atoms with Gasteiger partial charge in [0.1, 0.15) is 0 Å². The fourth-order valence-corrected chi connectivity index (χ4v) is 1.73. The van der Waals surface area contributed by atoms with Crippen molar-refractivity contribution in [2.24, 2.45) is 0 Å². The van der Waals surface area contributed by atoms with Crippen molar-refractivity contribution in [3.05, 3.63) is 59.2 Å². The minimum Gasteiger partial charge on any atom is -0.493 e. The van der Waals surface area contributed by atoms with E-state index in [0.29, 0.717) is 17.1 Å². The van der Waals surface area contributed by atoms with Crippen molar-refractivity contribution in [3.8, 4) is 11.5 Å². The lowest BCUT2D eigenvalue weighted by atomic mass is 10.1. The van der Waals surface area contributed by atoms with Gasteiger partial charge in [-0.2, -0.15) is 0 Å². The van der Waals surface area contributed by atoms with Crippen LogP contribution >= 0.6 is 0 Å². The predicted molar refractivity (Wildman–Crippen MR) is 73.9 cm³/mol. The van der Waals surface area contributed by atoms with Crippen molar-refractivity contribution in [2.75, 3.05) is 7.11 Å². The first-order valence-corrected chi connectivity index (χ1v) is 6.04. The molecule has 2 rings (SSSR count). The highest BCUT2D eigenvalue weighted by atomic mass is 16.6. The van der Waals surface area contributed by atoms with Crippen LogP contribution in [-0.4, -0.2) is 13.1 Å². The van der Waals surface area contributed by atoms with Gasteiger partial charge in [0.05, 0.1) is 12.7 Å². The molecule has 0 aromatic heterocycles. The van der Waals surface area contributed by atoms with Gasteiger partial charge in [-0.3, -0.25) is 0 Å². The summed E-state index contributed by atoms with van der Waals surface area (Å²) in [6.07, 6.45) is 0. The molecule has 0 radical (unpaired) electrons. The molecule has 0 amide bonds. The van der Waals surface area contributed by atoms with E-state index in [4.69, 9.17) is 9.47 Å². The Hall–Kier alpha value is -2.29. The van der Waals surface area contributed by atoms with Gasteiger partial charge < -0.3 is 9.47 Å². The summed E-state index contributed by atoms with van der Waals surface area (Å²) in [5.41, 5.74) is 2.75. The highest BCUT2D eigenvalue weighted by Gasteiger charge is 2.12. The molecule has 0 spiro atoms. The third kappa shape index (κ3) is 2.94. The molecular formula is C16H16O3. The van der Waals surface area contributed by atoms with E-state index >= 15 is 0 Å². The molecule has 2 aromatic carbocycles. The van der Waals surface area contributed by atoms with Gasteiger partial charge in [-0.1, -0.05) is 18.2 Å². The van der Waals surface area contributed by atoms with Crippen LogP contribution in [0.1, 0.15) is 21.5 Å². The third-order valence-electron chi connectivity index (χ3n) is 3.01. The molecule has 3 nitrogen and oxygen atoms in total. The Kier molecular flexibility index (Phi) is 3.85. The summed E-state index contributed by atoms with van der Waals surface area (Å²) in [7, 11) is 1.54. The molecule has 0 bridgehead atoms. The molecule has 2 aromatic rings. The maximum Gasteiger partial charge on any atom is 0.343 e. The molecule has 98 valence electrons. The predicted octanol–water partition coefficient (Wildman–Crippen LogP) is 3.53. The Balaban J connectivity index is 2.23. The Morgan fingerprint density at radius 2 is 1.63 bits per heavy atom. The van der Waals surface area contributed by atoms with Crippen LogP contribution in [-0.2, 0) is 0 Å². The Morgan fingerprint density at radius 1 is 0.947 bits per heavy atom. The second kappa shape index (κ2) is 5.57. The molecule has 3 heteroatoms. The second-order valence-corrected chi connectivity index (χ2v) is 4.34. The van der Waals surface area contributed by atoms with E-state index in [9.17, 15) is 4.79 Å². The largest absolute Gasteiger partial charge is 0.493 e. The van der Waals surface area contributed by atoms with Gasteiger partial charge in [0.2, 0.25) is 0 Å². The summed E-state index contributed by atoms with van der Waals surface area (Å²) in [5, 5.41) is 0. The van der Waals surface area contributed by atoms with Gasteiger partial charge in [0, 0.05) is 0 Å². The highest BCUT2D eigenvalue weighted by molar-refractivity contribution is 5.91. The minimum absolute atomic E-state index is 0.382. The smallest absolute Gasteiger partial charge is 0.343 e. The number of ether oxygens (including phenoxy) is 2. The van der Waals surface area contributed by atoms with Crippen LogP contribution in [0, 0.1) is 13.8 Å². The van der Waals surface area contributed by atoms with E-state index in [-0.39, 0.29) is 5.97 Å². The van der Waals surface area contributed by atoms with Crippen LogP contribution in [0.15, 0.2) is 42.5 Å². The molecule has 19 heavy (non-hydrogen) atoms. The number of hydrogen-bond acceptors (Lipinski definition) is 3. The first kappa shape index (κ1) is 13.1. The van der Waals surface area contributed by atoms with E-state index in [1.54, 1.807) is 31.4 Å². The lowest BCUT2D eigenvalue weighted by Gasteiger charge is -2.09. The number of esters is 1. The SMILES string of the molecule is COc1ccccc1OC(=O)c1ccc(C)c(C)c1. The zero-order chi connectivity index (χ0) is 13.8. The van der Waals surface area contributed by atoms with Crippen molar-refractivity contribution in [2.45, 2.75) is 13.8 Å². The van der Waals surface area contributed by atoms with Crippen LogP contribution in [0.25, 0.3) is 0 Å². The van der Waals surface area contributed by atoms with E-state index < -0.39 is 0 Å².